The van der Waals surface area contributed by atoms with E-state index in [2.05, 4.69) is 40.5 Å². The van der Waals surface area contributed by atoms with Crippen LogP contribution >= 0.6 is 0 Å². The summed E-state index contributed by atoms with van der Waals surface area (Å²) in [7, 11) is 0. The lowest BCUT2D eigenvalue weighted by molar-refractivity contribution is -0.128. The Labute approximate surface area is 172 Å². The zero-order chi connectivity index (χ0) is 19.6. The number of para-hydroxylation sites is 2. The summed E-state index contributed by atoms with van der Waals surface area (Å²) in [5.41, 5.74) is 1.36. The van der Waals surface area contributed by atoms with Gasteiger partial charge in [0.25, 0.3) is 0 Å². The number of fused-ring (bicyclic) bond motifs is 3. The molecule has 2 fully saturated rings. The number of rotatable bonds is 5. The van der Waals surface area contributed by atoms with Crippen LogP contribution in [0.5, 0.6) is 11.5 Å². The number of carbonyl (C=O) groups excluding carboxylic acids is 1. The van der Waals surface area contributed by atoms with E-state index < -0.39 is 0 Å². The Kier molecular flexibility index (Phi) is 5.15. The third kappa shape index (κ3) is 3.97. The van der Waals surface area contributed by atoms with Crippen molar-refractivity contribution in [2.75, 3.05) is 13.2 Å². The third-order valence-electron chi connectivity index (χ3n) is 6.53. The van der Waals surface area contributed by atoms with Gasteiger partial charge in [0.2, 0.25) is 5.91 Å². The lowest BCUT2D eigenvalue weighted by Crippen LogP contribution is -2.48. The van der Waals surface area contributed by atoms with Crippen molar-refractivity contribution in [2.24, 2.45) is 5.92 Å². The molecule has 2 aromatic carbocycles. The molecule has 1 N–H and O–H groups in total. The van der Waals surface area contributed by atoms with E-state index in [1.807, 2.05) is 24.3 Å². The quantitative estimate of drug-likeness (QED) is 0.848. The van der Waals surface area contributed by atoms with Crippen molar-refractivity contribution in [1.82, 2.24) is 10.2 Å². The SMILES string of the molecule is O=C(NCC1COc2ccccc2O1)[C@@H]1C[C@H]2CC[C@@H](C1)N2Cc1ccccc1. The summed E-state index contributed by atoms with van der Waals surface area (Å²) >= 11 is 0. The van der Waals surface area contributed by atoms with Gasteiger partial charge >= 0.3 is 0 Å². The van der Waals surface area contributed by atoms with Crippen LogP contribution in [0.15, 0.2) is 54.6 Å². The Balaban J connectivity index is 1.14. The number of benzene rings is 2. The van der Waals surface area contributed by atoms with Crippen molar-refractivity contribution in [3.63, 3.8) is 0 Å². The summed E-state index contributed by atoms with van der Waals surface area (Å²) in [6.07, 6.45) is 4.19. The van der Waals surface area contributed by atoms with E-state index in [4.69, 9.17) is 9.47 Å². The maximum Gasteiger partial charge on any atom is 0.223 e. The van der Waals surface area contributed by atoms with Crippen molar-refractivity contribution >= 4 is 5.91 Å². The molecule has 3 aliphatic heterocycles. The summed E-state index contributed by atoms with van der Waals surface area (Å²) in [5, 5.41) is 3.12. The molecule has 0 aromatic heterocycles. The molecule has 2 aromatic rings. The highest BCUT2D eigenvalue weighted by Gasteiger charge is 2.42. The van der Waals surface area contributed by atoms with Crippen molar-refractivity contribution < 1.29 is 14.3 Å². The second-order valence-electron chi connectivity index (χ2n) is 8.45. The molecular formula is C24H28N2O3. The van der Waals surface area contributed by atoms with Crippen LogP contribution < -0.4 is 14.8 Å². The first-order valence-corrected chi connectivity index (χ1v) is 10.7. The Morgan fingerprint density at radius 1 is 0.966 bits per heavy atom. The van der Waals surface area contributed by atoms with Crippen molar-refractivity contribution in [1.29, 1.82) is 0 Å². The maximum absolute atomic E-state index is 12.8. The fourth-order valence-electron chi connectivity index (χ4n) is 5.06. The zero-order valence-corrected chi connectivity index (χ0v) is 16.6. The van der Waals surface area contributed by atoms with E-state index in [0.717, 1.165) is 30.9 Å². The monoisotopic (exact) mass is 392 g/mol. The molecule has 5 heteroatoms. The van der Waals surface area contributed by atoms with Gasteiger partial charge in [0, 0.05) is 24.5 Å². The summed E-state index contributed by atoms with van der Waals surface area (Å²) < 4.78 is 11.7. The van der Waals surface area contributed by atoms with Crippen molar-refractivity contribution in [2.45, 2.75) is 50.4 Å². The van der Waals surface area contributed by atoms with Crippen molar-refractivity contribution in [3.05, 3.63) is 60.2 Å². The van der Waals surface area contributed by atoms with Gasteiger partial charge in [-0.25, -0.2) is 0 Å². The number of piperidine rings is 1. The van der Waals surface area contributed by atoms with Gasteiger partial charge in [-0.3, -0.25) is 9.69 Å². The number of hydrogen-bond acceptors (Lipinski definition) is 4. The van der Waals surface area contributed by atoms with Crippen LogP contribution in [0.1, 0.15) is 31.2 Å². The molecule has 0 saturated carbocycles. The Bertz CT molecular complexity index is 842. The lowest BCUT2D eigenvalue weighted by atomic mass is 9.89. The molecule has 5 nitrogen and oxygen atoms in total. The molecular weight excluding hydrogens is 364 g/mol. The van der Waals surface area contributed by atoms with E-state index in [0.29, 0.717) is 25.2 Å². The van der Waals surface area contributed by atoms with Crippen LogP contribution in [0.4, 0.5) is 0 Å². The first-order valence-electron chi connectivity index (χ1n) is 10.7. The van der Waals surface area contributed by atoms with Crippen LogP contribution in [0.2, 0.25) is 0 Å². The predicted octanol–water partition coefficient (Wildman–Crippen LogP) is 3.39. The Morgan fingerprint density at radius 2 is 1.66 bits per heavy atom. The maximum atomic E-state index is 12.8. The topological polar surface area (TPSA) is 50.8 Å². The molecule has 3 aliphatic rings. The third-order valence-corrected chi connectivity index (χ3v) is 6.53. The highest BCUT2D eigenvalue weighted by atomic mass is 16.6. The molecule has 0 aliphatic carbocycles. The number of carbonyl (C=O) groups is 1. The van der Waals surface area contributed by atoms with Gasteiger partial charge in [-0.1, -0.05) is 42.5 Å². The molecule has 5 rings (SSSR count). The average Bonchev–Trinajstić information content (AvgIpc) is 2.99. The Morgan fingerprint density at radius 3 is 2.41 bits per heavy atom. The first kappa shape index (κ1) is 18.5. The molecule has 0 radical (unpaired) electrons. The molecule has 152 valence electrons. The number of hydrogen-bond donors (Lipinski definition) is 1. The highest BCUT2D eigenvalue weighted by Crippen LogP contribution is 2.39. The molecule has 1 amide bonds. The number of ether oxygens (including phenoxy) is 2. The van der Waals surface area contributed by atoms with Crippen LogP contribution in [-0.4, -0.2) is 42.1 Å². The zero-order valence-electron chi connectivity index (χ0n) is 16.6. The smallest absolute Gasteiger partial charge is 0.223 e. The summed E-state index contributed by atoms with van der Waals surface area (Å²) in [4.78, 5) is 15.5. The van der Waals surface area contributed by atoms with Gasteiger partial charge in [-0.15, -0.1) is 0 Å². The van der Waals surface area contributed by atoms with Gasteiger partial charge in [0.15, 0.2) is 11.5 Å². The average molecular weight is 392 g/mol. The molecule has 29 heavy (non-hydrogen) atoms. The minimum atomic E-state index is -0.135. The number of nitrogens with one attached hydrogen (secondary N) is 1. The van der Waals surface area contributed by atoms with Crippen LogP contribution in [-0.2, 0) is 11.3 Å². The van der Waals surface area contributed by atoms with Gasteiger partial charge in [-0.2, -0.15) is 0 Å². The van der Waals surface area contributed by atoms with E-state index in [1.165, 1.54) is 18.4 Å². The number of nitrogens with zero attached hydrogens (tertiary/aromatic N) is 1. The number of amides is 1. The van der Waals surface area contributed by atoms with Crippen molar-refractivity contribution in [3.8, 4) is 11.5 Å². The van der Waals surface area contributed by atoms with Gasteiger partial charge in [-0.05, 0) is 43.4 Å². The van der Waals surface area contributed by atoms with E-state index >= 15 is 0 Å². The summed E-state index contributed by atoms with van der Waals surface area (Å²) in [6.45, 7) is 1.96. The van der Waals surface area contributed by atoms with E-state index in [-0.39, 0.29) is 17.9 Å². The van der Waals surface area contributed by atoms with Gasteiger partial charge in [0.05, 0.1) is 6.54 Å². The normalized spacial score (nSPS) is 28.1. The first-order chi connectivity index (χ1) is 14.3. The van der Waals surface area contributed by atoms with Crippen LogP contribution in [0.25, 0.3) is 0 Å². The van der Waals surface area contributed by atoms with Crippen LogP contribution in [0.3, 0.4) is 0 Å². The van der Waals surface area contributed by atoms with E-state index in [9.17, 15) is 4.79 Å². The lowest BCUT2D eigenvalue weighted by Gasteiger charge is -2.38. The van der Waals surface area contributed by atoms with Gasteiger partial charge < -0.3 is 14.8 Å². The van der Waals surface area contributed by atoms with E-state index in [1.54, 1.807) is 0 Å². The molecule has 1 unspecified atom stereocenters. The summed E-state index contributed by atoms with van der Waals surface area (Å²) in [6, 6.07) is 19.4. The minimum absolute atomic E-state index is 0.108. The molecule has 2 bridgehead atoms. The molecule has 3 heterocycles. The fourth-order valence-corrected chi connectivity index (χ4v) is 5.06. The second kappa shape index (κ2) is 8.07. The van der Waals surface area contributed by atoms with Crippen LogP contribution in [0, 0.1) is 5.92 Å². The highest BCUT2D eigenvalue weighted by molar-refractivity contribution is 5.79. The minimum Gasteiger partial charge on any atom is -0.486 e. The largest absolute Gasteiger partial charge is 0.486 e. The molecule has 0 spiro atoms. The Hall–Kier alpha value is -2.53. The fraction of sp³-hybridized carbons (Fsp3) is 0.458. The summed E-state index contributed by atoms with van der Waals surface area (Å²) in [5.74, 6) is 1.81. The predicted molar refractivity (Wildman–Crippen MR) is 111 cm³/mol. The molecule has 2 saturated heterocycles. The second-order valence-corrected chi connectivity index (χ2v) is 8.45. The standard InChI is InChI=1S/C24H28N2O3/c27-24(25-14-21-16-28-22-8-4-5-9-23(22)29-21)18-12-19-10-11-20(13-18)26(19)15-17-6-2-1-3-7-17/h1-9,18-21H,10-16H2,(H,25,27)/t18-,19-,20+,21?. The van der Waals surface area contributed by atoms with Gasteiger partial charge in [0.1, 0.15) is 12.7 Å². The molecule has 4 atom stereocenters.